The molecule has 0 N–H and O–H groups in total. The van der Waals surface area contributed by atoms with Gasteiger partial charge < -0.3 is 14.4 Å². The molecule has 1 aromatic rings. The predicted octanol–water partition coefficient (Wildman–Crippen LogP) is 1.87. The molecule has 0 aliphatic heterocycles. The molecular formula is C13H20N4O2. The third-order valence-electron chi connectivity index (χ3n) is 2.45. The first-order chi connectivity index (χ1) is 9.10. The van der Waals surface area contributed by atoms with Gasteiger partial charge in [-0.15, -0.1) is 0 Å². The molecule has 104 valence electrons. The van der Waals surface area contributed by atoms with E-state index in [2.05, 4.69) is 29.9 Å². The first-order valence-corrected chi connectivity index (χ1v) is 6.19. The lowest BCUT2D eigenvalue weighted by Crippen LogP contribution is -2.30. The minimum Gasteiger partial charge on any atom is -0.481 e. The van der Waals surface area contributed by atoms with E-state index in [-0.39, 0.29) is 0 Å². The zero-order valence-electron chi connectivity index (χ0n) is 11.9. The fourth-order valence-corrected chi connectivity index (χ4v) is 1.64. The summed E-state index contributed by atoms with van der Waals surface area (Å²) in [5.74, 6) is 1.87. The monoisotopic (exact) mass is 264 g/mol. The smallest absolute Gasteiger partial charge is 0.232 e. The average Bonchev–Trinajstić information content (AvgIpc) is 2.42. The van der Waals surface area contributed by atoms with Crippen molar-refractivity contribution >= 4 is 5.95 Å². The van der Waals surface area contributed by atoms with Crippen molar-refractivity contribution in [3.63, 3.8) is 0 Å². The summed E-state index contributed by atoms with van der Waals surface area (Å²) in [6.07, 6.45) is 0.426. The van der Waals surface area contributed by atoms with Crippen molar-refractivity contribution in [2.45, 2.75) is 20.3 Å². The van der Waals surface area contributed by atoms with Gasteiger partial charge in [-0.05, 0) is 5.92 Å². The fraction of sp³-hybridized carbons (Fsp3) is 0.615. The number of anilines is 1. The Morgan fingerprint density at radius 3 is 2.26 bits per heavy atom. The minimum atomic E-state index is 0.426. The normalized spacial score (nSPS) is 10.1. The van der Waals surface area contributed by atoms with E-state index in [0.29, 0.717) is 36.6 Å². The molecule has 0 aliphatic carbocycles. The zero-order chi connectivity index (χ0) is 14.3. The maximum absolute atomic E-state index is 8.73. The molecule has 0 radical (unpaired) electrons. The van der Waals surface area contributed by atoms with E-state index in [1.54, 1.807) is 20.3 Å². The third-order valence-corrected chi connectivity index (χ3v) is 2.45. The number of nitriles is 1. The summed E-state index contributed by atoms with van der Waals surface area (Å²) in [7, 11) is 3.10. The summed E-state index contributed by atoms with van der Waals surface area (Å²) in [6, 6.07) is 3.76. The molecule has 0 amide bonds. The van der Waals surface area contributed by atoms with E-state index in [1.165, 1.54) is 0 Å². The summed E-state index contributed by atoms with van der Waals surface area (Å²) in [4.78, 5) is 10.6. The molecule has 1 rings (SSSR count). The molecule has 6 heteroatoms. The highest BCUT2D eigenvalue weighted by Gasteiger charge is 2.14. The molecule has 1 heterocycles. The van der Waals surface area contributed by atoms with Crippen molar-refractivity contribution in [2.75, 3.05) is 32.2 Å². The van der Waals surface area contributed by atoms with Gasteiger partial charge in [0.1, 0.15) is 0 Å². The second kappa shape index (κ2) is 7.41. The Labute approximate surface area is 114 Å². The molecule has 0 aliphatic rings. The van der Waals surface area contributed by atoms with E-state index in [4.69, 9.17) is 14.7 Å². The van der Waals surface area contributed by atoms with Crippen LogP contribution in [0.3, 0.4) is 0 Å². The quantitative estimate of drug-likeness (QED) is 0.748. The molecule has 0 unspecified atom stereocenters. The summed E-state index contributed by atoms with van der Waals surface area (Å²) >= 11 is 0. The van der Waals surface area contributed by atoms with Crippen LogP contribution >= 0.6 is 0 Å². The molecule has 0 saturated carbocycles. The van der Waals surface area contributed by atoms with Gasteiger partial charge in [-0.25, -0.2) is 0 Å². The summed E-state index contributed by atoms with van der Waals surface area (Å²) in [5, 5.41) is 8.73. The molecule has 1 aromatic heterocycles. The van der Waals surface area contributed by atoms with Gasteiger partial charge in [-0.1, -0.05) is 13.8 Å². The van der Waals surface area contributed by atoms with Crippen LogP contribution in [-0.4, -0.2) is 37.3 Å². The van der Waals surface area contributed by atoms with E-state index in [9.17, 15) is 0 Å². The van der Waals surface area contributed by atoms with Crippen LogP contribution in [0.2, 0.25) is 0 Å². The van der Waals surface area contributed by atoms with Crippen molar-refractivity contribution in [3.05, 3.63) is 6.07 Å². The highest BCUT2D eigenvalue weighted by atomic mass is 16.5. The molecule has 0 spiro atoms. The van der Waals surface area contributed by atoms with Crippen LogP contribution in [0.5, 0.6) is 11.8 Å². The van der Waals surface area contributed by atoms with Crippen LogP contribution in [0.4, 0.5) is 5.95 Å². The highest BCUT2D eigenvalue weighted by Crippen LogP contribution is 2.20. The van der Waals surface area contributed by atoms with Crippen LogP contribution in [0.15, 0.2) is 6.07 Å². The fourth-order valence-electron chi connectivity index (χ4n) is 1.64. The van der Waals surface area contributed by atoms with Gasteiger partial charge >= 0.3 is 0 Å². The van der Waals surface area contributed by atoms with E-state index >= 15 is 0 Å². The van der Waals surface area contributed by atoms with Gasteiger partial charge in [-0.3, -0.25) is 0 Å². The number of aromatic nitrogens is 2. The summed E-state index contributed by atoms with van der Waals surface area (Å²) in [5.41, 5.74) is 0. The zero-order valence-corrected chi connectivity index (χ0v) is 11.9. The molecule has 0 atom stereocenters. The molecular weight excluding hydrogens is 244 g/mol. The Kier molecular flexibility index (Phi) is 5.86. The van der Waals surface area contributed by atoms with E-state index in [1.807, 2.05) is 4.90 Å². The Hall–Kier alpha value is -2.03. The lowest BCUT2D eigenvalue weighted by molar-refractivity contribution is 0.371. The van der Waals surface area contributed by atoms with Crippen LogP contribution < -0.4 is 14.4 Å². The van der Waals surface area contributed by atoms with Crippen molar-refractivity contribution in [1.29, 1.82) is 5.26 Å². The van der Waals surface area contributed by atoms with E-state index < -0.39 is 0 Å². The maximum atomic E-state index is 8.73. The Bertz CT molecular complexity index is 421. The van der Waals surface area contributed by atoms with Gasteiger partial charge in [-0.2, -0.15) is 15.2 Å². The molecule has 19 heavy (non-hydrogen) atoms. The minimum absolute atomic E-state index is 0.426. The second-order valence-electron chi connectivity index (χ2n) is 4.50. The lowest BCUT2D eigenvalue weighted by atomic mass is 10.2. The Morgan fingerprint density at radius 2 is 1.84 bits per heavy atom. The highest BCUT2D eigenvalue weighted by molar-refractivity contribution is 5.36. The van der Waals surface area contributed by atoms with Gasteiger partial charge in [0.05, 0.1) is 32.8 Å². The second-order valence-corrected chi connectivity index (χ2v) is 4.50. The molecule has 0 fully saturated rings. The topological polar surface area (TPSA) is 71.3 Å². The van der Waals surface area contributed by atoms with Crippen LogP contribution in [-0.2, 0) is 0 Å². The average molecular weight is 264 g/mol. The molecule has 0 aromatic carbocycles. The molecule has 0 saturated heterocycles. The lowest BCUT2D eigenvalue weighted by Gasteiger charge is -2.24. The SMILES string of the molecule is COc1cc(OC)nc(N(CCC#N)CC(C)C)n1. The first-order valence-electron chi connectivity index (χ1n) is 6.19. The van der Waals surface area contributed by atoms with E-state index in [0.717, 1.165) is 6.54 Å². The predicted molar refractivity (Wildman–Crippen MR) is 72.4 cm³/mol. The van der Waals surface area contributed by atoms with Gasteiger partial charge in [0.15, 0.2) is 0 Å². The third kappa shape index (κ3) is 4.62. The number of rotatable bonds is 7. The standard InChI is InChI=1S/C13H20N4O2/c1-10(2)9-17(7-5-6-14)13-15-11(18-3)8-12(16-13)19-4/h8,10H,5,7,9H2,1-4H3. The number of hydrogen-bond donors (Lipinski definition) is 0. The summed E-state index contributed by atoms with van der Waals surface area (Å²) < 4.78 is 10.3. The molecule has 6 nitrogen and oxygen atoms in total. The number of methoxy groups -OCH3 is 2. The summed E-state index contributed by atoms with van der Waals surface area (Å²) in [6.45, 7) is 5.58. The number of nitrogens with zero attached hydrogens (tertiary/aromatic N) is 4. The molecule has 0 bridgehead atoms. The van der Waals surface area contributed by atoms with Crippen molar-refractivity contribution < 1.29 is 9.47 Å². The maximum Gasteiger partial charge on any atom is 0.232 e. The van der Waals surface area contributed by atoms with Crippen molar-refractivity contribution in [1.82, 2.24) is 9.97 Å². The Morgan fingerprint density at radius 1 is 1.26 bits per heavy atom. The Balaban J connectivity index is 3.02. The number of ether oxygens (including phenoxy) is 2. The van der Waals surface area contributed by atoms with Gasteiger partial charge in [0, 0.05) is 13.1 Å². The largest absolute Gasteiger partial charge is 0.481 e. The van der Waals surface area contributed by atoms with Crippen LogP contribution in [0.25, 0.3) is 0 Å². The van der Waals surface area contributed by atoms with Crippen molar-refractivity contribution in [3.8, 4) is 17.8 Å². The number of hydrogen-bond acceptors (Lipinski definition) is 6. The van der Waals surface area contributed by atoms with Gasteiger partial charge in [0.25, 0.3) is 0 Å². The first kappa shape index (κ1) is 15.0. The van der Waals surface area contributed by atoms with Crippen LogP contribution in [0, 0.1) is 17.2 Å². The van der Waals surface area contributed by atoms with Crippen molar-refractivity contribution in [2.24, 2.45) is 5.92 Å². The van der Waals surface area contributed by atoms with Crippen LogP contribution in [0.1, 0.15) is 20.3 Å². The van der Waals surface area contributed by atoms with Gasteiger partial charge in [0.2, 0.25) is 17.7 Å².